The average molecular weight is 267 g/mol. The third kappa shape index (κ3) is 2.64. The number of phenols is 1. The number of nitro groups is 1. The van der Waals surface area contributed by atoms with Crippen LogP contribution in [0.4, 0.5) is 17.2 Å². The molecule has 2 aromatic rings. The Hall–Kier alpha value is -2.41. The van der Waals surface area contributed by atoms with Crippen molar-refractivity contribution in [1.82, 2.24) is 9.97 Å². The van der Waals surface area contributed by atoms with Gasteiger partial charge in [0.1, 0.15) is 11.9 Å². The van der Waals surface area contributed by atoms with Gasteiger partial charge >= 0.3 is 5.69 Å². The Kier molecular flexibility index (Phi) is 3.24. The number of hydrogen-bond donors (Lipinski definition) is 2. The summed E-state index contributed by atoms with van der Waals surface area (Å²) in [7, 11) is 0. The van der Waals surface area contributed by atoms with Gasteiger partial charge in [-0.3, -0.25) is 10.1 Å². The number of aromatic nitrogens is 2. The van der Waals surface area contributed by atoms with Gasteiger partial charge in [0.15, 0.2) is 0 Å². The standard InChI is InChI=1S/C10H7ClN4O3/c11-10-12-5-8(15(17)18)9(14-10)13-6-1-3-7(16)4-2-6/h1-5,16H,(H,12,13,14). The van der Waals surface area contributed by atoms with Gasteiger partial charge in [0, 0.05) is 5.69 Å². The number of phenolic OH excluding ortho intramolecular Hbond substituents is 1. The first kappa shape index (κ1) is 12.1. The molecule has 0 amide bonds. The van der Waals surface area contributed by atoms with Crippen LogP contribution >= 0.6 is 11.6 Å². The van der Waals surface area contributed by atoms with E-state index in [1.54, 1.807) is 12.1 Å². The molecule has 0 fully saturated rings. The summed E-state index contributed by atoms with van der Waals surface area (Å²) < 4.78 is 0. The lowest BCUT2D eigenvalue weighted by molar-refractivity contribution is -0.384. The predicted octanol–water partition coefficient (Wildman–Crippen LogP) is 2.49. The Morgan fingerprint density at radius 2 is 2.00 bits per heavy atom. The lowest BCUT2D eigenvalue weighted by Crippen LogP contribution is -2.01. The Morgan fingerprint density at radius 3 is 2.61 bits per heavy atom. The molecule has 2 N–H and O–H groups in total. The van der Waals surface area contributed by atoms with E-state index in [4.69, 9.17) is 16.7 Å². The molecule has 2 rings (SSSR count). The second kappa shape index (κ2) is 4.84. The number of rotatable bonds is 3. The summed E-state index contributed by atoms with van der Waals surface area (Å²) in [5.41, 5.74) is 0.248. The van der Waals surface area contributed by atoms with E-state index in [1.807, 2.05) is 0 Å². The zero-order chi connectivity index (χ0) is 13.1. The van der Waals surface area contributed by atoms with Gasteiger partial charge < -0.3 is 10.4 Å². The van der Waals surface area contributed by atoms with Crippen LogP contribution in [0.1, 0.15) is 0 Å². The lowest BCUT2D eigenvalue weighted by atomic mass is 10.3. The van der Waals surface area contributed by atoms with E-state index in [-0.39, 0.29) is 22.5 Å². The lowest BCUT2D eigenvalue weighted by Gasteiger charge is -2.05. The van der Waals surface area contributed by atoms with E-state index in [2.05, 4.69) is 15.3 Å². The normalized spacial score (nSPS) is 10.1. The molecule has 0 aliphatic carbocycles. The van der Waals surface area contributed by atoms with E-state index < -0.39 is 4.92 Å². The molecule has 0 radical (unpaired) electrons. The van der Waals surface area contributed by atoms with Gasteiger partial charge in [0.25, 0.3) is 0 Å². The van der Waals surface area contributed by atoms with Crippen molar-refractivity contribution in [3.8, 4) is 5.75 Å². The van der Waals surface area contributed by atoms with Crippen molar-refractivity contribution in [3.63, 3.8) is 0 Å². The Balaban J connectivity index is 2.35. The molecule has 0 atom stereocenters. The number of hydrogen-bond acceptors (Lipinski definition) is 6. The third-order valence-corrected chi connectivity index (χ3v) is 2.25. The second-order valence-corrected chi connectivity index (χ2v) is 3.64. The topological polar surface area (TPSA) is 101 Å². The van der Waals surface area contributed by atoms with E-state index in [0.29, 0.717) is 5.69 Å². The maximum atomic E-state index is 10.8. The van der Waals surface area contributed by atoms with Crippen LogP contribution in [0, 0.1) is 10.1 Å². The fourth-order valence-electron chi connectivity index (χ4n) is 1.26. The van der Waals surface area contributed by atoms with E-state index in [1.165, 1.54) is 12.1 Å². The summed E-state index contributed by atoms with van der Waals surface area (Å²) in [6.45, 7) is 0. The molecule has 0 saturated heterocycles. The minimum absolute atomic E-state index is 0.00862. The van der Waals surface area contributed by atoms with E-state index >= 15 is 0 Å². The molecule has 0 aliphatic rings. The molecular weight excluding hydrogens is 260 g/mol. The van der Waals surface area contributed by atoms with Crippen molar-refractivity contribution in [1.29, 1.82) is 0 Å². The summed E-state index contributed by atoms with van der Waals surface area (Å²) in [5, 5.41) is 22.5. The van der Waals surface area contributed by atoms with Gasteiger partial charge in [-0.25, -0.2) is 4.98 Å². The van der Waals surface area contributed by atoms with Crippen molar-refractivity contribution in [3.05, 3.63) is 45.9 Å². The highest BCUT2D eigenvalue weighted by molar-refractivity contribution is 6.28. The van der Waals surface area contributed by atoms with Crippen molar-refractivity contribution in [2.24, 2.45) is 0 Å². The quantitative estimate of drug-likeness (QED) is 0.383. The van der Waals surface area contributed by atoms with Crippen LogP contribution in [0.3, 0.4) is 0 Å². The van der Waals surface area contributed by atoms with Gasteiger partial charge in [0.2, 0.25) is 11.1 Å². The summed E-state index contributed by atoms with van der Waals surface area (Å²) in [5.74, 6) is 0.0847. The molecule has 1 heterocycles. The number of aromatic hydroxyl groups is 1. The Bertz CT molecular complexity index is 588. The van der Waals surface area contributed by atoms with Gasteiger partial charge in [0.05, 0.1) is 4.92 Å². The van der Waals surface area contributed by atoms with Crippen LogP contribution in [-0.4, -0.2) is 20.0 Å². The highest BCUT2D eigenvalue weighted by Gasteiger charge is 2.16. The highest BCUT2D eigenvalue weighted by atomic mass is 35.5. The molecule has 1 aromatic heterocycles. The molecule has 1 aromatic carbocycles. The number of benzene rings is 1. The molecule has 0 unspecified atom stereocenters. The number of nitrogens with one attached hydrogen (secondary N) is 1. The maximum absolute atomic E-state index is 10.8. The maximum Gasteiger partial charge on any atom is 0.329 e. The largest absolute Gasteiger partial charge is 0.508 e. The first-order valence-electron chi connectivity index (χ1n) is 4.79. The van der Waals surface area contributed by atoms with Crippen LogP contribution < -0.4 is 5.32 Å². The molecule has 7 nitrogen and oxygen atoms in total. The molecule has 8 heteroatoms. The molecule has 0 spiro atoms. The molecule has 0 bridgehead atoms. The summed E-state index contributed by atoms with van der Waals surface area (Å²) in [6, 6.07) is 5.98. The third-order valence-electron chi connectivity index (χ3n) is 2.07. The Morgan fingerprint density at radius 1 is 1.33 bits per heavy atom. The first-order chi connectivity index (χ1) is 8.56. The van der Waals surface area contributed by atoms with Gasteiger partial charge in [-0.05, 0) is 35.9 Å². The summed E-state index contributed by atoms with van der Waals surface area (Å²) in [6.07, 6.45) is 1.03. The predicted molar refractivity (Wildman–Crippen MR) is 65.1 cm³/mol. The molecule has 0 aliphatic heterocycles. The highest BCUT2D eigenvalue weighted by Crippen LogP contribution is 2.26. The minimum Gasteiger partial charge on any atom is -0.508 e. The molecule has 18 heavy (non-hydrogen) atoms. The molecule has 92 valence electrons. The molecule has 0 saturated carbocycles. The van der Waals surface area contributed by atoms with Crippen molar-refractivity contribution < 1.29 is 10.0 Å². The summed E-state index contributed by atoms with van der Waals surface area (Å²) in [4.78, 5) is 17.5. The van der Waals surface area contributed by atoms with Crippen molar-refractivity contribution in [2.45, 2.75) is 0 Å². The van der Waals surface area contributed by atoms with E-state index in [0.717, 1.165) is 6.20 Å². The molecular formula is C10H7ClN4O3. The van der Waals surface area contributed by atoms with Crippen LogP contribution in [0.25, 0.3) is 0 Å². The summed E-state index contributed by atoms with van der Waals surface area (Å²) >= 11 is 5.59. The second-order valence-electron chi connectivity index (χ2n) is 3.30. The monoisotopic (exact) mass is 266 g/mol. The van der Waals surface area contributed by atoms with E-state index in [9.17, 15) is 10.1 Å². The zero-order valence-electron chi connectivity index (χ0n) is 8.87. The zero-order valence-corrected chi connectivity index (χ0v) is 9.63. The SMILES string of the molecule is O=[N+]([O-])c1cnc(Cl)nc1Nc1ccc(O)cc1. The first-order valence-corrected chi connectivity index (χ1v) is 5.17. The van der Waals surface area contributed by atoms with Crippen LogP contribution in [0.5, 0.6) is 5.75 Å². The number of nitrogens with zero attached hydrogens (tertiary/aromatic N) is 3. The smallest absolute Gasteiger partial charge is 0.329 e. The van der Waals surface area contributed by atoms with Gasteiger partial charge in [-0.1, -0.05) is 0 Å². The van der Waals surface area contributed by atoms with Gasteiger partial charge in [-0.2, -0.15) is 4.98 Å². The van der Waals surface area contributed by atoms with Crippen LogP contribution in [0.2, 0.25) is 5.28 Å². The number of anilines is 2. The fourth-order valence-corrected chi connectivity index (χ4v) is 1.39. The number of halogens is 1. The van der Waals surface area contributed by atoms with Crippen LogP contribution in [-0.2, 0) is 0 Å². The van der Waals surface area contributed by atoms with Gasteiger partial charge in [-0.15, -0.1) is 0 Å². The van der Waals surface area contributed by atoms with Crippen LogP contribution in [0.15, 0.2) is 30.5 Å². The fraction of sp³-hybridized carbons (Fsp3) is 0. The Labute approximate surface area is 106 Å². The minimum atomic E-state index is -0.612. The average Bonchev–Trinajstić information content (AvgIpc) is 2.32. The van der Waals surface area contributed by atoms with Crippen molar-refractivity contribution >= 4 is 28.8 Å². The van der Waals surface area contributed by atoms with Crippen molar-refractivity contribution in [2.75, 3.05) is 5.32 Å².